The molecule has 4 aromatic rings. The van der Waals surface area contributed by atoms with Gasteiger partial charge in [-0.1, -0.05) is 55.9 Å². The maximum absolute atomic E-state index is 8.62. The molecule has 5 heteroatoms. The molecule has 3 aromatic heterocycles. The van der Waals surface area contributed by atoms with E-state index in [0.29, 0.717) is 16.8 Å². The van der Waals surface area contributed by atoms with Crippen molar-refractivity contribution in [1.29, 1.82) is 5.41 Å². The SMILES string of the molecule is C[Si](C)(C)C#Cc1ccn2c(=N)c3cc(-c4ccccc4)cnc3nc2c1. The van der Waals surface area contributed by atoms with E-state index < -0.39 is 8.07 Å². The zero-order valence-electron chi connectivity index (χ0n) is 15.6. The first-order valence-corrected chi connectivity index (χ1v) is 12.4. The molecule has 0 atom stereocenters. The van der Waals surface area contributed by atoms with Crippen LogP contribution in [-0.4, -0.2) is 22.4 Å². The number of rotatable bonds is 1. The largest absolute Gasteiger partial charge is 0.286 e. The molecule has 0 amide bonds. The van der Waals surface area contributed by atoms with Crippen molar-refractivity contribution in [3.63, 3.8) is 0 Å². The second-order valence-electron chi connectivity index (χ2n) is 7.57. The molecule has 1 aromatic carbocycles. The van der Waals surface area contributed by atoms with Gasteiger partial charge in [-0.25, -0.2) is 9.97 Å². The molecular weight excluding hydrogens is 348 g/mol. The van der Waals surface area contributed by atoms with Crippen LogP contribution < -0.4 is 5.49 Å². The Morgan fingerprint density at radius 1 is 1.00 bits per heavy atom. The van der Waals surface area contributed by atoms with Crippen LogP contribution in [0.25, 0.3) is 27.8 Å². The highest BCUT2D eigenvalue weighted by Gasteiger charge is 2.09. The summed E-state index contributed by atoms with van der Waals surface area (Å²) in [6.07, 6.45) is 3.68. The summed E-state index contributed by atoms with van der Waals surface area (Å²) in [5.41, 5.74) is 8.00. The van der Waals surface area contributed by atoms with E-state index in [1.807, 2.05) is 60.9 Å². The second kappa shape index (κ2) is 6.49. The first-order chi connectivity index (χ1) is 12.9. The van der Waals surface area contributed by atoms with Crippen molar-refractivity contribution in [2.24, 2.45) is 0 Å². The fourth-order valence-corrected chi connectivity index (χ4v) is 3.37. The molecule has 4 rings (SSSR count). The second-order valence-corrected chi connectivity index (χ2v) is 12.3. The molecule has 0 radical (unpaired) electrons. The average Bonchev–Trinajstić information content (AvgIpc) is 2.66. The lowest BCUT2D eigenvalue weighted by molar-refractivity contribution is 0.995. The molecule has 1 N–H and O–H groups in total. The van der Waals surface area contributed by atoms with Gasteiger partial charge >= 0.3 is 0 Å². The summed E-state index contributed by atoms with van der Waals surface area (Å²) in [7, 11) is -1.44. The number of fused-ring (bicyclic) bond motifs is 2. The van der Waals surface area contributed by atoms with E-state index in [2.05, 4.69) is 41.1 Å². The molecule has 0 bridgehead atoms. The minimum atomic E-state index is -1.44. The lowest BCUT2D eigenvalue weighted by Crippen LogP contribution is -2.17. The molecule has 0 aliphatic heterocycles. The van der Waals surface area contributed by atoms with E-state index >= 15 is 0 Å². The van der Waals surface area contributed by atoms with Gasteiger partial charge in [0, 0.05) is 23.5 Å². The number of aromatic nitrogens is 3. The number of pyridine rings is 2. The molecule has 132 valence electrons. The van der Waals surface area contributed by atoms with E-state index in [1.165, 1.54) is 0 Å². The number of nitrogens with zero attached hydrogens (tertiary/aromatic N) is 3. The summed E-state index contributed by atoms with van der Waals surface area (Å²) in [4.78, 5) is 9.16. The molecule has 3 heterocycles. The molecule has 0 aliphatic carbocycles. The van der Waals surface area contributed by atoms with E-state index in [0.717, 1.165) is 22.1 Å². The summed E-state index contributed by atoms with van der Waals surface area (Å²) in [6.45, 7) is 6.66. The van der Waals surface area contributed by atoms with Crippen LogP contribution in [0.2, 0.25) is 19.6 Å². The normalized spacial score (nSPS) is 11.4. The Morgan fingerprint density at radius 3 is 2.52 bits per heavy atom. The average molecular weight is 369 g/mol. The van der Waals surface area contributed by atoms with Gasteiger partial charge in [-0.15, -0.1) is 5.54 Å². The number of nitrogens with one attached hydrogen (secondary N) is 1. The van der Waals surface area contributed by atoms with Gasteiger partial charge in [-0.2, -0.15) is 0 Å². The number of hydrogen-bond donors (Lipinski definition) is 1. The van der Waals surface area contributed by atoms with Gasteiger partial charge in [-0.3, -0.25) is 9.81 Å². The topological polar surface area (TPSA) is 54.0 Å². The van der Waals surface area contributed by atoms with Crippen molar-refractivity contribution in [2.45, 2.75) is 19.6 Å². The molecule has 27 heavy (non-hydrogen) atoms. The Hall–Kier alpha value is -3.23. The summed E-state index contributed by atoms with van der Waals surface area (Å²) < 4.78 is 1.78. The zero-order valence-corrected chi connectivity index (χ0v) is 16.6. The molecular formula is C22H20N4Si. The highest BCUT2D eigenvalue weighted by Crippen LogP contribution is 2.20. The smallest absolute Gasteiger partial charge is 0.165 e. The fourth-order valence-electron chi connectivity index (χ4n) is 2.85. The maximum atomic E-state index is 8.62. The van der Waals surface area contributed by atoms with Gasteiger partial charge in [0.1, 0.15) is 19.2 Å². The Morgan fingerprint density at radius 2 is 1.78 bits per heavy atom. The van der Waals surface area contributed by atoms with Crippen LogP contribution in [0.3, 0.4) is 0 Å². The van der Waals surface area contributed by atoms with Gasteiger partial charge in [0.25, 0.3) is 0 Å². The van der Waals surface area contributed by atoms with Gasteiger partial charge in [0.15, 0.2) is 5.65 Å². The van der Waals surface area contributed by atoms with E-state index in [4.69, 9.17) is 5.41 Å². The van der Waals surface area contributed by atoms with Crippen LogP contribution in [0.5, 0.6) is 0 Å². The van der Waals surface area contributed by atoms with Crippen molar-refractivity contribution in [3.8, 4) is 22.6 Å². The van der Waals surface area contributed by atoms with Crippen LogP contribution in [0.4, 0.5) is 0 Å². The van der Waals surface area contributed by atoms with Crippen LogP contribution in [0, 0.1) is 16.9 Å². The van der Waals surface area contributed by atoms with Gasteiger partial charge in [0.2, 0.25) is 0 Å². The quantitative estimate of drug-likeness (QED) is 0.310. The van der Waals surface area contributed by atoms with Crippen molar-refractivity contribution in [3.05, 3.63) is 72.0 Å². The molecule has 0 saturated heterocycles. The van der Waals surface area contributed by atoms with Gasteiger partial charge in [-0.05, 0) is 23.8 Å². The molecule has 4 nitrogen and oxygen atoms in total. The van der Waals surface area contributed by atoms with Crippen molar-refractivity contribution in [1.82, 2.24) is 14.4 Å². The minimum Gasteiger partial charge on any atom is -0.286 e. The summed E-state index contributed by atoms with van der Waals surface area (Å²) >= 11 is 0. The fraction of sp³-hybridized carbons (Fsp3) is 0.136. The molecule has 0 unspecified atom stereocenters. The molecule has 0 saturated carbocycles. The number of hydrogen-bond acceptors (Lipinski definition) is 3. The van der Waals surface area contributed by atoms with Crippen LogP contribution in [-0.2, 0) is 0 Å². The van der Waals surface area contributed by atoms with Crippen LogP contribution in [0.15, 0.2) is 60.9 Å². The predicted octanol–water partition coefficient (Wildman–Crippen LogP) is 4.26. The first kappa shape index (κ1) is 17.2. The zero-order chi connectivity index (χ0) is 19.0. The van der Waals surface area contributed by atoms with Crippen LogP contribution >= 0.6 is 0 Å². The van der Waals surface area contributed by atoms with Crippen LogP contribution in [0.1, 0.15) is 5.56 Å². The predicted molar refractivity (Wildman–Crippen MR) is 112 cm³/mol. The summed E-state index contributed by atoms with van der Waals surface area (Å²) in [5.74, 6) is 3.25. The Kier molecular flexibility index (Phi) is 4.13. The molecule has 0 fully saturated rings. The third-order valence-electron chi connectivity index (χ3n) is 4.21. The minimum absolute atomic E-state index is 0.380. The number of benzene rings is 1. The lowest BCUT2D eigenvalue weighted by atomic mass is 10.1. The van der Waals surface area contributed by atoms with Crippen molar-refractivity contribution >= 4 is 24.8 Å². The highest BCUT2D eigenvalue weighted by molar-refractivity contribution is 6.83. The molecule has 0 aliphatic rings. The van der Waals surface area contributed by atoms with E-state index in [9.17, 15) is 0 Å². The van der Waals surface area contributed by atoms with Gasteiger partial charge < -0.3 is 0 Å². The summed E-state index contributed by atoms with van der Waals surface area (Å²) in [6, 6.07) is 15.9. The molecule has 0 spiro atoms. The van der Waals surface area contributed by atoms with Gasteiger partial charge in [0.05, 0.1) is 5.39 Å². The van der Waals surface area contributed by atoms with E-state index in [1.54, 1.807) is 4.40 Å². The highest BCUT2D eigenvalue weighted by atomic mass is 28.3. The Bertz CT molecular complexity index is 1270. The lowest BCUT2D eigenvalue weighted by Gasteiger charge is -2.07. The monoisotopic (exact) mass is 368 g/mol. The Balaban J connectivity index is 1.88. The maximum Gasteiger partial charge on any atom is 0.165 e. The standard InChI is InChI=1S/C22H20N4Si/c1-27(2,3)12-10-16-9-11-26-20(13-16)25-22-19(21(26)23)14-18(15-24-22)17-7-5-4-6-8-17/h4-9,11,13-15,23H,1-3H3. The van der Waals surface area contributed by atoms with E-state index in [-0.39, 0.29) is 0 Å². The third-order valence-corrected chi connectivity index (χ3v) is 5.08. The first-order valence-electron chi connectivity index (χ1n) is 8.86. The van der Waals surface area contributed by atoms with Crippen molar-refractivity contribution in [2.75, 3.05) is 0 Å². The summed E-state index contributed by atoms with van der Waals surface area (Å²) in [5, 5.41) is 9.35. The van der Waals surface area contributed by atoms with Crippen molar-refractivity contribution < 1.29 is 0 Å². The Labute approximate surface area is 159 Å². The third kappa shape index (κ3) is 3.53.